The monoisotopic (exact) mass is 446 g/mol. The summed E-state index contributed by atoms with van der Waals surface area (Å²) in [5, 5.41) is 11.2. The molecule has 28 heavy (non-hydrogen) atoms. The molecule has 0 aliphatic rings. The van der Waals surface area contributed by atoms with E-state index < -0.39 is 17.2 Å². The van der Waals surface area contributed by atoms with Crippen LogP contribution in [0.3, 0.4) is 0 Å². The SMILES string of the molecule is N#Cc1c/c(=N\C(Cl)c2cnccn2)n(-c2c(Cl)cc(C(F)(F)F)cc2Cl)[nH]1. The third-order valence-electron chi connectivity index (χ3n) is 3.50. The number of hydrogen-bond acceptors (Lipinski definition) is 4. The lowest BCUT2D eigenvalue weighted by Crippen LogP contribution is -2.18. The molecule has 144 valence electrons. The Hall–Kier alpha value is -2.54. The molecule has 2 aromatic heterocycles. The molecule has 12 heteroatoms. The summed E-state index contributed by atoms with van der Waals surface area (Å²) in [5.74, 6) is 0. The van der Waals surface area contributed by atoms with Crippen molar-refractivity contribution in [2.24, 2.45) is 4.99 Å². The van der Waals surface area contributed by atoms with Gasteiger partial charge in [-0.1, -0.05) is 34.8 Å². The normalized spacial score (nSPS) is 13.4. The first-order valence-electron chi connectivity index (χ1n) is 7.43. The molecule has 0 aliphatic carbocycles. The average molecular weight is 448 g/mol. The molecule has 0 bridgehead atoms. The summed E-state index contributed by atoms with van der Waals surface area (Å²) in [7, 11) is 0. The molecule has 3 aromatic rings. The topological polar surface area (TPSA) is 82.7 Å². The van der Waals surface area contributed by atoms with Gasteiger partial charge in [-0.05, 0) is 12.1 Å². The van der Waals surface area contributed by atoms with Gasteiger partial charge >= 0.3 is 6.18 Å². The minimum absolute atomic E-state index is 0.0143. The van der Waals surface area contributed by atoms with Crippen molar-refractivity contribution in [3.8, 4) is 11.8 Å². The van der Waals surface area contributed by atoms with Gasteiger partial charge in [-0.25, -0.2) is 9.67 Å². The van der Waals surface area contributed by atoms with E-state index in [9.17, 15) is 13.2 Å². The third kappa shape index (κ3) is 4.14. The summed E-state index contributed by atoms with van der Waals surface area (Å²) in [6.07, 6.45) is -0.333. The highest BCUT2D eigenvalue weighted by atomic mass is 35.5. The summed E-state index contributed by atoms with van der Waals surface area (Å²) < 4.78 is 40.0. The number of nitrogens with one attached hydrogen (secondary N) is 1. The molecule has 1 aromatic carbocycles. The summed E-state index contributed by atoms with van der Waals surface area (Å²) in [4.78, 5) is 12.1. The maximum Gasteiger partial charge on any atom is 0.416 e. The minimum atomic E-state index is -4.62. The second-order valence-electron chi connectivity index (χ2n) is 5.36. The number of nitriles is 1. The van der Waals surface area contributed by atoms with Gasteiger partial charge in [0.05, 0.1) is 27.5 Å². The zero-order chi connectivity index (χ0) is 20.5. The molecule has 0 radical (unpaired) electrons. The molecule has 0 spiro atoms. The minimum Gasteiger partial charge on any atom is -0.282 e. The van der Waals surface area contributed by atoms with E-state index in [1.54, 1.807) is 0 Å². The van der Waals surface area contributed by atoms with E-state index in [-0.39, 0.29) is 26.9 Å². The Morgan fingerprint density at radius 1 is 1.18 bits per heavy atom. The van der Waals surface area contributed by atoms with Gasteiger partial charge in [0.25, 0.3) is 0 Å². The van der Waals surface area contributed by atoms with Crippen molar-refractivity contribution in [3.05, 3.63) is 69.3 Å². The van der Waals surface area contributed by atoms with Gasteiger partial charge in [-0.15, -0.1) is 0 Å². The Morgan fingerprint density at radius 2 is 1.86 bits per heavy atom. The predicted octanol–water partition coefficient (Wildman–Crippen LogP) is 4.63. The van der Waals surface area contributed by atoms with Crippen molar-refractivity contribution in [3.63, 3.8) is 0 Å². The van der Waals surface area contributed by atoms with E-state index in [4.69, 9.17) is 40.1 Å². The summed E-state index contributed by atoms with van der Waals surface area (Å²) in [5.41, 5.74) is -1.50. The lowest BCUT2D eigenvalue weighted by molar-refractivity contribution is -0.137. The van der Waals surface area contributed by atoms with Gasteiger partial charge in [-0.2, -0.15) is 18.4 Å². The summed E-state index contributed by atoms with van der Waals surface area (Å²) in [6, 6.07) is 4.67. The highest BCUT2D eigenvalue weighted by Gasteiger charge is 2.32. The molecule has 0 saturated carbocycles. The molecule has 0 aliphatic heterocycles. The van der Waals surface area contributed by atoms with Crippen LogP contribution in [0.4, 0.5) is 13.2 Å². The van der Waals surface area contributed by atoms with Crippen LogP contribution in [0.1, 0.15) is 22.5 Å². The summed E-state index contributed by atoms with van der Waals surface area (Å²) >= 11 is 18.3. The van der Waals surface area contributed by atoms with Crippen LogP contribution < -0.4 is 5.49 Å². The zero-order valence-corrected chi connectivity index (χ0v) is 15.8. The van der Waals surface area contributed by atoms with Crippen molar-refractivity contribution in [2.75, 3.05) is 0 Å². The van der Waals surface area contributed by atoms with Crippen LogP contribution in [0.25, 0.3) is 5.69 Å². The van der Waals surface area contributed by atoms with Crippen molar-refractivity contribution >= 4 is 34.8 Å². The molecule has 3 rings (SSSR count). The number of aromatic nitrogens is 4. The second kappa shape index (κ2) is 7.83. The van der Waals surface area contributed by atoms with E-state index in [1.807, 2.05) is 6.07 Å². The number of halogens is 6. The fourth-order valence-electron chi connectivity index (χ4n) is 2.29. The molecule has 1 unspecified atom stereocenters. The van der Waals surface area contributed by atoms with E-state index in [1.165, 1.54) is 29.3 Å². The van der Waals surface area contributed by atoms with Gasteiger partial charge < -0.3 is 0 Å². The largest absolute Gasteiger partial charge is 0.416 e. The molecule has 0 fully saturated rings. The maximum atomic E-state index is 13.0. The van der Waals surface area contributed by atoms with E-state index in [0.717, 1.165) is 12.1 Å². The van der Waals surface area contributed by atoms with Crippen LogP contribution in [0.5, 0.6) is 0 Å². The molecule has 1 N–H and O–H groups in total. The van der Waals surface area contributed by atoms with Crippen LogP contribution in [-0.4, -0.2) is 19.7 Å². The van der Waals surface area contributed by atoms with Crippen LogP contribution >= 0.6 is 34.8 Å². The number of aromatic amines is 1. The second-order valence-corrected chi connectivity index (χ2v) is 6.58. The number of alkyl halides is 4. The Bertz CT molecular complexity index is 1090. The van der Waals surface area contributed by atoms with Crippen molar-refractivity contribution in [2.45, 2.75) is 11.7 Å². The average Bonchev–Trinajstić information content (AvgIpc) is 3.03. The number of H-pyrrole nitrogens is 1. The standard InChI is InChI=1S/C16H8Cl3F3N6/c17-10-3-8(16(20,21)22)4-11(18)14(10)28-13(5-9(6-23)27-28)26-15(19)12-7-24-1-2-25-12/h1-5,7,15,27H/b26-13+. The fourth-order valence-corrected chi connectivity index (χ4v) is 3.15. The number of hydrogen-bond donors (Lipinski definition) is 1. The van der Waals surface area contributed by atoms with Gasteiger partial charge in [0.15, 0.2) is 11.0 Å². The van der Waals surface area contributed by atoms with Gasteiger partial charge in [0, 0.05) is 18.5 Å². The molecule has 0 amide bonds. The van der Waals surface area contributed by atoms with Crippen LogP contribution in [-0.2, 0) is 6.18 Å². The molecule has 0 saturated heterocycles. The van der Waals surface area contributed by atoms with Crippen LogP contribution in [0.15, 0.2) is 41.8 Å². The first-order valence-corrected chi connectivity index (χ1v) is 8.62. The highest BCUT2D eigenvalue weighted by Crippen LogP contribution is 2.37. The first kappa shape index (κ1) is 20.2. The Morgan fingerprint density at radius 3 is 2.39 bits per heavy atom. The third-order valence-corrected chi connectivity index (χ3v) is 4.39. The van der Waals surface area contributed by atoms with Crippen molar-refractivity contribution < 1.29 is 13.2 Å². The Balaban J connectivity index is 2.18. The lowest BCUT2D eigenvalue weighted by Gasteiger charge is -2.13. The zero-order valence-electron chi connectivity index (χ0n) is 13.5. The quantitative estimate of drug-likeness (QED) is 0.469. The van der Waals surface area contributed by atoms with E-state index in [0.29, 0.717) is 5.69 Å². The number of benzene rings is 1. The molecule has 1 atom stereocenters. The van der Waals surface area contributed by atoms with Crippen LogP contribution in [0, 0.1) is 11.3 Å². The van der Waals surface area contributed by atoms with E-state index >= 15 is 0 Å². The number of nitrogens with zero attached hydrogens (tertiary/aromatic N) is 5. The smallest absolute Gasteiger partial charge is 0.282 e. The Labute approximate surface area is 170 Å². The lowest BCUT2D eigenvalue weighted by atomic mass is 10.2. The molecule has 6 nitrogen and oxygen atoms in total. The first-order chi connectivity index (χ1) is 13.2. The Kier molecular flexibility index (Phi) is 5.65. The van der Waals surface area contributed by atoms with Crippen LogP contribution in [0.2, 0.25) is 10.0 Å². The van der Waals surface area contributed by atoms with Crippen molar-refractivity contribution in [1.29, 1.82) is 5.26 Å². The van der Waals surface area contributed by atoms with Gasteiger partial charge in [-0.3, -0.25) is 15.1 Å². The maximum absolute atomic E-state index is 13.0. The number of rotatable bonds is 3. The fraction of sp³-hybridized carbons (Fsp3) is 0.125. The van der Waals surface area contributed by atoms with Gasteiger partial charge in [0.2, 0.25) is 0 Å². The highest BCUT2D eigenvalue weighted by molar-refractivity contribution is 6.37. The van der Waals surface area contributed by atoms with Crippen molar-refractivity contribution in [1.82, 2.24) is 19.7 Å². The van der Waals surface area contributed by atoms with Gasteiger partial charge in [0.1, 0.15) is 17.5 Å². The molecular formula is C16H8Cl3F3N6. The molecular weight excluding hydrogens is 440 g/mol. The molecule has 2 heterocycles. The van der Waals surface area contributed by atoms with E-state index in [2.05, 4.69) is 20.1 Å². The predicted molar refractivity (Wildman–Crippen MR) is 96.0 cm³/mol. The summed E-state index contributed by atoms with van der Waals surface area (Å²) in [6.45, 7) is 0.